The maximum absolute atomic E-state index is 5.91. The lowest BCUT2D eigenvalue weighted by Crippen LogP contribution is -2.07. The van der Waals surface area contributed by atoms with Crippen LogP contribution in [0.2, 0.25) is 0 Å². The van der Waals surface area contributed by atoms with E-state index < -0.39 is 0 Å². The third-order valence-electron chi connectivity index (χ3n) is 2.86. The maximum Gasteiger partial charge on any atom is 0.175 e. The van der Waals surface area contributed by atoms with Crippen LogP contribution >= 0.6 is 15.9 Å². The number of nitrogens with one attached hydrogen (secondary N) is 1. The summed E-state index contributed by atoms with van der Waals surface area (Å²) in [4.78, 5) is 4.09. The Labute approximate surface area is 133 Å². The van der Waals surface area contributed by atoms with Crippen LogP contribution in [-0.4, -0.2) is 18.6 Å². The molecule has 0 amide bonds. The van der Waals surface area contributed by atoms with E-state index in [1.807, 2.05) is 38.2 Å². The molecule has 112 valence electrons. The summed E-state index contributed by atoms with van der Waals surface area (Å²) in [7, 11) is 1.92. The minimum atomic E-state index is 0.456. The highest BCUT2D eigenvalue weighted by Crippen LogP contribution is 2.37. The smallest absolute Gasteiger partial charge is 0.175 e. The molecule has 0 saturated carbocycles. The largest absolute Gasteiger partial charge is 0.490 e. The molecule has 0 fully saturated rings. The zero-order valence-electron chi connectivity index (χ0n) is 12.2. The van der Waals surface area contributed by atoms with E-state index in [9.17, 15) is 0 Å². The van der Waals surface area contributed by atoms with Gasteiger partial charge in [0, 0.05) is 24.5 Å². The van der Waals surface area contributed by atoms with Crippen molar-refractivity contribution in [3.63, 3.8) is 0 Å². The summed E-state index contributed by atoms with van der Waals surface area (Å²) in [6, 6.07) is 7.92. The van der Waals surface area contributed by atoms with Crippen LogP contribution in [0.5, 0.6) is 11.5 Å². The highest BCUT2D eigenvalue weighted by atomic mass is 79.9. The van der Waals surface area contributed by atoms with Gasteiger partial charge in [0.2, 0.25) is 0 Å². The first-order valence-corrected chi connectivity index (χ1v) is 7.65. The highest BCUT2D eigenvalue weighted by Gasteiger charge is 2.12. The Morgan fingerprint density at radius 2 is 2.10 bits per heavy atom. The number of aromatic nitrogens is 1. The molecule has 21 heavy (non-hydrogen) atoms. The minimum Gasteiger partial charge on any atom is -0.490 e. The van der Waals surface area contributed by atoms with Crippen LogP contribution in [0, 0.1) is 0 Å². The number of nitrogens with zero attached hydrogens (tertiary/aromatic N) is 1. The molecule has 0 unspecified atom stereocenters. The van der Waals surface area contributed by atoms with Crippen LogP contribution in [-0.2, 0) is 13.2 Å². The van der Waals surface area contributed by atoms with Crippen molar-refractivity contribution in [3.05, 3.63) is 52.3 Å². The number of halogens is 1. The second kappa shape index (κ2) is 8.00. The summed E-state index contributed by atoms with van der Waals surface area (Å²) in [5, 5.41) is 3.13. The number of rotatable bonds is 7. The van der Waals surface area contributed by atoms with Gasteiger partial charge in [-0.15, -0.1) is 0 Å². The predicted octanol–water partition coefficient (Wildman–Crippen LogP) is 3.54. The first kappa shape index (κ1) is 15.8. The number of benzene rings is 1. The molecule has 1 heterocycles. The van der Waals surface area contributed by atoms with Gasteiger partial charge in [-0.05, 0) is 53.7 Å². The number of pyridine rings is 1. The summed E-state index contributed by atoms with van der Waals surface area (Å²) < 4.78 is 12.5. The van der Waals surface area contributed by atoms with Gasteiger partial charge in [-0.2, -0.15) is 0 Å². The average molecular weight is 351 g/mol. The molecular weight excluding hydrogens is 332 g/mol. The number of ether oxygens (including phenoxy) is 2. The Balaban J connectivity index is 2.20. The molecule has 0 saturated heterocycles. The van der Waals surface area contributed by atoms with Crippen LogP contribution < -0.4 is 14.8 Å². The molecule has 2 rings (SSSR count). The summed E-state index contributed by atoms with van der Waals surface area (Å²) in [5.41, 5.74) is 2.16. The quantitative estimate of drug-likeness (QED) is 0.829. The highest BCUT2D eigenvalue weighted by molar-refractivity contribution is 9.10. The number of hydrogen-bond acceptors (Lipinski definition) is 4. The van der Waals surface area contributed by atoms with Gasteiger partial charge in [-0.3, -0.25) is 4.98 Å². The van der Waals surface area contributed by atoms with Crippen LogP contribution in [0.25, 0.3) is 0 Å². The van der Waals surface area contributed by atoms with E-state index >= 15 is 0 Å². The van der Waals surface area contributed by atoms with E-state index in [1.165, 1.54) is 0 Å². The lowest BCUT2D eigenvalue weighted by Gasteiger charge is -2.15. The van der Waals surface area contributed by atoms with Crippen molar-refractivity contribution in [2.45, 2.75) is 20.1 Å². The van der Waals surface area contributed by atoms with E-state index in [-0.39, 0.29) is 0 Å². The van der Waals surface area contributed by atoms with E-state index in [0.717, 1.165) is 33.6 Å². The fourth-order valence-electron chi connectivity index (χ4n) is 1.97. The molecule has 0 radical (unpaired) electrons. The standard InChI is InChI=1S/C16H19BrN2O2/c1-3-20-15-8-13(9-18-2)7-14(17)16(15)21-11-12-5-4-6-19-10-12/h4-8,10,18H,3,9,11H2,1-2H3. The van der Waals surface area contributed by atoms with Crippen LogP contribution in [0.3, 0.4) is 0 Å². The van der Waals surface area contributed by atoms with Gasteiger partial charge in [0.25, 0.3) is 0 Å². The molecule has 0 aliphatic heterocycles. The first-order chi connectivity index (χ1) is 10.2. The van der Waals surface area contributed by atoms with Crippen molar-refractivity contribution in [1.29, 1.82) is 0 Å². The second-order valence-electron chi connectivity index (χ2n) is 4.52. The van der Waals surface area contributed by atoms with Gasteiger partial charge in [0.15, 0.2) is 11.5 Å². The Bertz CT molecular complexity index is 576. The molecule has 0 bridgehead atoms. The third kappa shape index (κ3) is 4.44. The summed E-state index contributed by atoms with van der Waals surface area (Å²) in [6.07, 6.45) is 3.54. The molecular formula is C16H19BrN2O2. The molecule has 0 aliphatic carbocycles. The van der Waals surface area contributed by atoms with Crippen molar-refractivity contribution < 1.29 is 9.47 Å². The molecule has 2 aromatic rings. The Morgan fingerprint density at radius 3 is 2.76 bits per heavy atom. The lowest BCUT2D eigenvalue weighted by molar-refractivity contribution is 0.267. The maximum atomic E-state index is 5.91. The Morgan fingerprint density at radius 1 is 1.24 bits per heavy atom. The monoisotopic (exact) mass is 350 g/mol. The molecule has 5 heteroatoms. The SMILES string of the molecule is CCOc1cc(CNC)cc(Br)c1OCc1cccnc1. The third-order valence-corrected chi connectivity index (χ3v) is 3.45. The molecule has 1 N–H and O–H groups in total. The molecule has 0 aliphatic rings. The Hall–Kier alpha value is -1.59. The lowest BCUT2D eigenvalue weighted by atomic mass is 10.2. The zero-order chi connectivity index (χ0) is 15.1. The zero-order valence-corrected chi connectivity index (χ0v) is 13.8. The van der Waals surface area contributed by atoms with Crippen molar-refractivity contribution in [1.82, 2.24) is 10.3 Å². The molecule has 0 atom stereocenters. The Kier molecular flexibility index (Phi) is 6.02. The van der Waals surface area contributed by atoms with Crippen LogP contribution in [0.15, 0.2) is 41.1 Å². The normalized spacial score (nSPS) is 10.4. The van der Waals surface area contributed by atoms with E-state index in [1.54, 1.807) is 12.4 Å². The fourth-order valence-corrected chi connectivity index (χ4v) is 2.57. The fraction of sp³-hybridized carbons (Fsp3) is 0.312. The van der Waals surface area contributed by atoms with Crippen molar-refractivity contribution >= 4 is 15.9 Å². The van der Waals surface area contributed by atoms with Gasteiger partial charge in [0.1, 0.15) is 6.61 Å². The van der Waals surface area contributed by atoms with Gasteiger partial charge in [-0.1, -0.05) is 6.07 Å². The molecule has 1 aromatic heterocycles. The molecule has 4 nitrogen and oxygen atoms in total. The van der Waals surface area contributed by atoms with Crippen molar-refractivity contribution in [3.8, 4) is 11.5 Å². The predicted molar refractivity (Wildman–Crippen MR) is 86.6 cm³/mol. The van der Waals surface area contributed by atoms with Crippen molar-refractivity contribution in [2.24, 2.45) is 0 Å². The minimum absolute atomic E-state index is 0.456. The molecule has 0 spiro atoms. The summed E-state index contributed by atoms with van der Waals surface area (Å²) >= 11 is 3.56. The summed E-state index contributed by atoms with van der Waals surface area (Å²) in [5.74, 6) is 1.47. The topological polar surface area (TPSA) is 43.4 Å². The average Bonchev–Trinajstić information content (AvgIpc) is 2.48. The van der Waals surface area contributed by atoms with Crippen molar-refractivity contribution in [2.75, 3.05) is 13.7 Å². The summed E-state index contributed by atoms with van der Waals surface area (Å²) in [6.45, 7) is 3.79. The van der Waals surface area contributed by atoms with Crippen LogP contribution in [0.1, 0.15) is 18.1 Å². The van der Waals surface area contributed by atoms with Gasteiger partial charge in [0.05, 0.1) is 11.1 Å². The second-order valence-corrected chi connectivity index (χ2v) is 5.37. The van der Waals surface area contributed by atoms with E-state index in [0.29, 0.717) is 13.2 Å². The first-order valence-electron chi connectivity index (χ1n) is 6.86. The molecule has 1 aromatic carbocycles. The van der Waals surface area contributed by atoms with Crippen LogP contribution in [0.4, 0.5) is 0 Å². The van der Waals surface area contributed by atoms with Gasteiger partial charge >= 0.3 is 0 Å². The van der Waals surface area contributed by atoms with E-state index in [4.69, 9.17) is 9.47 Å². The number of hydrogen-bond donors (Lipinski definition) is 1. The van der Waals surface area contributed by atoms with Gasteiger partial charge < -0.3 is 14.8 Å². The van der Waals surface area contributed by atoms with E-state index in [2.05, 4.69) is 26.2 Å². The van der Waals surface area contributed by atoms with Gasteiger partial charge in [-0.25, -0.2) is 0 Å².